The Kier molecular flexibility index (Phi) is 6.32. The highest BCUT2D eigenvalue weighted by atomic mass is 32.2. The summed E-state index contributed by atoms with van der Waals surface area (Å²) >= 11 is 0. The van der Waals surface area contributed by atoms with E-state index in [9.17, 15) is 13.2 Å². The van der Waals surface area contributed by atoms with Crippen molar-refractivity contribution in [3.63, 3.8) is 0 Å². The number of carbonyl (C=O) groups is 1. The number of nitrogens with one attached hydrogen (secondary N) is 2. The fraction of sp³-hybridized carbons (Fsp3) is 0.632. The van der Waals surface area contributed by atoms with Crippen molar-refractivity contribution in [3.05, 3.63) is 29.8 Å². The molecule has 7 heteroatoms. The maximum Gasteiger partial charge on any atom is 0.243 e. The van der Waals surface area contributed by atoms with E-state index in [1.54, 1.807) is 12.1 Å². The minimum absolute atomic E-state index is 0.0725. The second-order valence-corrected chi connectivity index (χ2v) is 9.37. The van der Waals surface area contributed by atoms with E-state index < -0.39 is 10.0 Å². The van der Waals surface area contributed by atoms with Crippen LogP contribution in [0.15, 0.2) is 29.2 Å². The number of amides is 1. The summed E-state index contributed by atoms with van der Waals surface area (Å²) in [5.41, 5.74) is 1.03. The summed E-state index contributed by atoms with van der Waals surface area (Å²) in [6.07, 6.45) is 3.37. The van der Waals surface area contributed by atoms with Gasteiger partial charge in [0.05, 0.1) is 4.90 Å². The molecule has 2 fully saturated rings. The van der Waals surface area contributed by atoms with Crippen molar-refractivity contribution in [3.8, 4) is 0 Å². The lowest BCUT2D eigenvalue weighted by molar-refractivity contribution is -0.126. The van der Waals surface area contributed by atoms with Crippen LogP contribution in [0.2, 0.25) is 0 Å². The van der Waals surface area contributed by atoms with E-state index in [0.29, 0.717) is 43.3 Å². The molecule has 2 aliphatic rings. The molecule has 2 saturated heterocycles. The summed E-state index contributed by atoms with van der Waals surface area (Å²) in [4.78, 5) is 12.7. The number of sulfonamides is 1. The lowest BCUT2D eigenvalue weighted by atomic mass is 9.97. The Morgan fingerprint density at radius 2 is 1.88 bits per heavy atom. The molecule has 0 spiro atoms. The lowest BCUT2D eigenvalue weighted by Gasteiger charge is -2.30. The maximum atomic E-state index is 12.7. The standard InChI is InChI=1S/C19H29N3O3S/c1-15-2-4-18(5-3-15)26(24,25)22-12-8-17(9-13-22)19(23)21-11-7-16-6-10-20-14-16/h2-5,16-17,20H,6-14H2,1H3,(H,21,23). The number of piperidine rings is 1. The summed E-state index contributed by atoms with van der Waals surface area (Å²) < 4.78 is 26.9. The number of rotatable bonds is 6. The first kappa shape index (κ1) is 19.3. The van der Waals surface area contributed by atoms with Crippen molar-refractivity contribution in [2.75, 3.05) is 32.7 Å². The van der Waals surface area contributed by atoms with E-state index in [-0.39, 0.29) is 11.8 Å². The molecule has 26 heavy (non-hydrogen) atoms. The summed E-state index contributed by atoms with van der Waals surface area (Å²) in [6.45, 7) is 5.58. The van der Waals surface area contributed by atoms with Gasteiger partial charge in [-0.3, -0.25) is 4.79 Å². The van der Waals surface area contributed by atoms with Crippen LogP contribution in [0, 0.1) is 18.8 Å². The van der Waals surface area contributed by atoms with Gasteiger partial charge in [0.1, 0.15) is 0 Å². The first-order valence-corrected chi connectivity index (χ1v) is 11.0. The molecule has 6 nitrogen and oxygen atoms in total. The smallest absolute Gasteiger partial charge is 0.243 e. The molecule has 1 aromatic carbocycles. The Hall–Kier alpha value is -1.44. The Morgan fingerprint density at radius 1 is 1.19 bits per heavy atom. The minimum Gasteiger partial charge on any atom is -0.356 e. The van der Waals surface area contributed by atoms with Crippen molar-refractivity contribution < 1.29 is 13.2 Å². The Balaban J connectivity index is 1.47. The molecule has 1 aromatic rings. The molecule has 1 atom stereocenters. The van der Waals surface area contributed by atoms with Crippen LogP contribution in [-0.4, -0.2) is 51.4 Å². The van der Waals surface area contributed by atoms with Gasteiger partial charge in [0.15, 0.2) is 0 Å². The van der Waals surface area contributed by atoms with Crippen molar-refractivity contribution >= 4 is 15.9 Å². The molecule has 144 valence electrons. The Bertz CT molecular complexity index is 704. The zero-order chi connectivity index (χ0) is 18.6. The van der Waals surface area contributed by atoms with Crippen LogP contribution in [0.5, 0.6) is 0 Å². The number of carbonyl (C=O) groups excluding carboxylic acids is 1. The number of hydrogen-bond donors (Lipinski definition) is 2. The quantitative estimate of drug-likeness (QED) is 0.785. The summed E-state index contributed by atoms with van der Waals surface area (Å²) in [5.74, 6) is 0.654. The van der Waals surface area contributed by atoms with Gasteiger partial charge in [0, 0.05) is 25.6 Å². The van der Waals surface area contributed by atoms with Crippen LogP contribution in [0.1, 0.15) is 31.2 Å². The fourth-order valence-corrected chi connectivity index (χ4v) is 5.19. The monoisotopic (exact) mass is 379 g/mol. The number of aryl methyl sites for hydroxylation is 1. The minimum atomic E-state index is -3.46. The van der Waals surface area contributed by atoms with Crippen LogP contribution in [0.25, 0.3) is 0 Å². The fourth-order valence-electron chi connectivity index (χ4n) is 3.72. The summed E-state index contributed by atoms with van der Waals surface area (Å²) in [7, 11) is -3.46. The predicted molar refractivity (Wildman–Crippen MR) is 101 cm³/mol. The molecule has 0 aliphatic carbocycles. The normalized spacial score (nSPS) is 22.4. The van der Waals surface area contributed by atoms with Gasteiger partial charge in [-0.1, -0.05) is 17.7 Å². The van der Waals surface area contributed by atoms with Gasteiger partial charge in [0.25, 0.3) is 0 Å². The molecule has 0 saturated carbocycles. The van der Waals surface area contributed by atoms with Crippen LogP contribution < -0.4 is 10.6 Å². The molecule has 0 bridgehead atoms. The molecule has 0 aromatic heterocycles. The SMILES string of the molecule is Cc1ccc(S(=O)(=O)N2CCC(C(=O)NCCC3CCNC3)CC2)cc1. The van der Waals surface area contributed by atoms with E-state index in [2.05, 4.69) is 10.6 Å². The molecule has 3 rings (SSSR count). The molecular formula is C19H29N3O3S. The van der Waals surface area contributed by atoms with Gasteiger partial charge in [-0.15, -0.1) is 0 Å². The van der Waals surface area contributed by atoms with E-state index in [4.69, 9.17) is 0 Å². The van der Waals surface area contributed by atoms with Crippen molar-refractivity contribution in [2.45, 2.75) is 37.5 Å². The zero-order valence-corrected chi connectivity index (χ0v) is 16.2. The maximum absolute atomic E-state index is 12.7. The third kappa shape index (κ3) is 4.64. The first-order valence-electron chi connectivity index (χ1n) is 9.52. The average Bonchev–Trinajstić information content (AvgIpc) is 3.15. The molecule has 0 radical (unpaired) electrons. The molecule has 1 amide bonds. The van der Waals surface area contributed by atoms with Gasteiger partial charge in [-0.2, -0.15) is 4.31 Å². The first-order chi connectivity index (χ1) is 12.5. The zero-order valence-electron chi connectivity index (χ0n) is 15.4. The number of nitrogens with zero attached hydrogens (tertiary/aromatic N) is 1. The highest BCUT2D eigenvalue weighted by molar-refractivity contribution is 7.89. The highest BCUT2D eigenvalue weighted by Gasteiger charge is 2.32. The summed E-state index contributed by atoms with van der Waals surface area (Å²) in [5, 5.41) is 6.37. The Morgan fingerprint density at radius 3 is 2.50 bits per heavy atom. The third-order valence-electron chi connectivity index (χ3n) is 5.50. The van der Waals surface area contributed by atoms with Crippen LogP contribution in [0.4, 0.5) is 0 Å². The molecule has 2 N–H and O–H groups in total. The lowest BCUT2D eigenvalue weighted by Crippen LogP contribution is -2.43. The van der Waals surface area contributed by atoms with Crippen LogP contribution in [0.3, 0.4) is 0 Å². The van der Waals surface area contributed by atoms with E-state index in [1.165, 1.54) is 10.7 Å². The highest BCUT2D eigenvalue weighted by Crippen LogP contribution is 2.24. The largest absolute Gasteiger partial charge is 0.356 e. The molecule has 2 heterocycles. The molecular weight excluding hydrogens is 350 g/mol. The van der Waals surface area contributed by atoms with Crippen molar-refractivity contribution in [1.29, 1.82) is 0 Å². The topological polar surface area (TPSA) is 78.5 Å². The van der Waals surface area contributed by atoms with Crippen LogP contribution in [-0.2, 0) is 14.8 Å². The van der Waals surface area contributed by atoms with Gasteiger partial charge in [-0.05, 0) is 63.7 Å². The Labute approximate surface area is 156 Å². The number of benzene rings is 1. The van der Waals surface area contributed by atoms with Crippen molar-refractivity contribution in [2.24, 2.45) is 11.8 Å². The van der Waals surface area contributed by atoms with Crippen molar-refractivity contribution in [1.82, 2.24) is 14.9 Å². The molecule has 2 aliphatic heterocycles. The van der Waals surface area contributed by atoms with Gasteiger partial charge in [-0.25, -0.2) is 8.42 Å². The van der Waals surface area contributed by atoms with E-state index in [0.717, 1.165) is 25.1 Å². The molecule has 1 unspecified atom stereocenters. The predicted octanol–water partition coefficient (Wildman–Crippen LogP) is 1.51. The van der Waals surface area contributed by atoms with Crippen LogP contribution >= 0.6 is 0 Å². The average molecular weight is 380 g/mol. The van der Waals surface area contributed by atoms with E-state index in [1.807, 2.05) is 19.1 Å². The second-order valence-electron chi connectivity index (χ2n) is 7.43. The van der Waals surface area contributed by atoms with Gasteiger partial charge in [0.2, 0.25) is 15.9 Å². The second kappa shape index (κ2) is 8.50. The summed E-state index contributed by atoms with van der Waals surface area (Å²) in [6, 6.07) is 6.93. The van der Waals surface area contributed by atoms with E-state index >= 15 is 0 Å². The number of hydrogen-bond acceptors (Lipinski definition) is 4. The third-order valence-corrected chi connectivity index (χ3v) is 7.41. The van der Waals surface area contributed by atoms with Gasteiger partial charge >= 0.3 is 0 Å². The van der Waals surface area contributed by atoms with Gasteiger partial charge < -0.3 is 10.6 Å².